The van der Waals surface area contributed by atoms with Crippen molar-refractivity contribution in [1.29, 1.82) is 5.26 Å². The zero-order valence-electron chi connectivity index (χ0n) is 10.5. The second kappa shape index (κ2) is 6.85. The molecule has 0 spiro atoms. The molecule has 0 amide bonds. The van der Waals surface area contributed by atoms with Gasteiger partial charge in [0, 0.05) is 28.1 Å². The predicted octanol–water partition coefficient (Wildman–Crippen LogP) is 4.40. The van der Waals surface area contributed by atoms with Gasteiger partial charge in [-0.1, -0.05) is 33.6 Å². The molecular formula is C15H11BrClFN2. The Kier molecular flexibility index (Phi) is 5.13. The van der Waals surface area contributed by atoms with Crippen LogP contribution in [0.3, 0.4) is 0 Å². The fourth-order valence-electron chi connectivity index (χ4n) is 1.77. The molecule has 0 aromatic heterocycles. The van der Waals surface area contributed by atoms with Crippen LogP contribution < -0.4 is 5.32 Å². The molecule has 102 valence electrons. The van der Waals surface area contributed by atoms with Gasteiger partial charge in [-0.25, -0.2) is 4.39 Å². The molecule has 5 heteroatoms. The van der Waals surface area contributed by atoms with Crippen molar-refractivity contribution in [3.63, 3.8) is 0 Å². The number of hydrogen-bond acceptors (Lipinski definition) is 2. The Hall–Kier alpha value is -1.41. The minimum absolute atomic E-state index is 0.244. The molecule has 0 aliphatic heterocycles. The molecule has 2 aromatic carbocycles. The highest BCUT2D eigenvalue weighted by Gasteiger charge is 2.04. The number of nitriles is 1. The molecule has 2 nitrogen and oxygen atoms in total. The van der Waals surface area contributed by atoms with Gasteiger partial charge in [-0.3, -0.25) is 0 Å². The highest BCUT2D eigenvalue weighted by Crippen LogP contribution is 2.18. The first-order chi connectivity index (χ1) is 9.60. The zero-order chi connectivity index (χ0) is 14.5. The van der Waals surface area contributed by atoms with Gasteiger partial charge in [-0.15, -0.1) is 0 Å². The van der Waals surface area contributed by atoms with Crippen LogP contribution in [0.1, 0.15) is 16.7 Å². The maximum absolute atomic E-state index is 13.6. The molecule has 0 saturated heterocycles. The molecule has 1 N–H and O–H groups in total. The van der Waals surface area contributed by atoms with Crippen molar-refractivity contribution in [1.82, 2.24) is 5.32 Å². The summed E-state index contributed by atoms with van der Waals surface area (Å²) in [7, 11) is 0. The van der Waals surface area contributed by atoms with E-state index in [2.05, 4.69) is 21.2 Å². The lowest BCUT2D eigenvalue weighted by Gasteiger charge is -2.08. The van der Waals surface area contributed by atoms with Crippen LogP contribution in [0.15, 0.2) is 40.9 Å². The minimum Gasteiger partial charge on any atom is -0.308 e. The topological polar surface area (TPSA) is 35.8 Å². The predicted molar refractivity (Wildman–Crippen MR) is 80.8 cm³/mol. The van der Waals surface area contributed by atoms with Gasteiger partial charge < -0.3 is 5.32 Å². The second-order valence-corrected chi connectivity index (χ2v) is 5.58. The number of benzene rings is 2. The molecule has 0 radical (unpaired) electrons. The van der Waals surface area contributed by atoms with Crippen LogP contribution in [0.25, 0.3) is 0 Å². The van der Waals surface area contributed by atoms with Gasteiger partial charge in [0.1, 0.15) is 5.82 Å². The van der Waals surface area contributed by atoms with Crippen molar-refractivity contribution in [3.8, 4) is 6.07 Å². The third kappa shape index (κ3) is 3.80. The summed E-state index contributed by atoms with van der Waals surface area (Å²) in [4.78, 5) is 0. The first kappa shape index (κ1) is 15.0. The van der Waals surface area contributed by atoms with Gasteiger partial charge in [0.25, 0.3) is 0 Å². The van der Waals surface area contributed by atoms with Crippen LogP contribution in [-0.4, -0.2) is 0 Å². The van der Waals surface area contributed by atoms with Gasteiger partial charge in [-0.05, 0) is 35.9 Å². The van der Waals surface area contributed by atoms with Crippen LogP contribution in [0, 0.1) is 17.1 Å². The summed E-state index contributed by atoms with van der Waals surface area (Å²) in [5.74, 6) is -0.244. The first-order valence-electron chi connectivity index (χ1n) is 5.93. The number of nitrogens with one attached hydrogen (secondary N) is 1. The summed E-state index contributed by atoms with van der Waals surface area (Å²) >= 11 is 9.39. The van der Waals surface area contributed by atoms with E-state index in [0.29, 0.717) is 29.2 Å². The third-order valence-electron chi connectivity index (χ3n) is 2.82. The van der Waals surface area contributed by atoms with Crippen LogP contribution in [0.5, 0.6) is 0 Å². The van der Waals surface area contributed by atoms with Crippen molar-refractivity contribution in [3.05, 3.63) is 68.4 Å². The minimum atomic E-state index is -0.244. The van der Waals surface area contributed by atoms with E-state index in [1.165, 1.54) is 6.07 Å². The molecule has 0 fully saturated rings. The smallest absolute Gasteiger partial charge is 0.127 e. The first-order valence-corrected chi connectivity index (χ1v) is 7.10. The maximum atomic E-state index is 13.6. The summed E-state index contributed by atoms with van der Waals surface area (Å²) < 4.78 is 14.4. The molecule has 0 unspecified atom stereocenters. The summed E-state index contributed by atoms with van der Waals surface area (Å²) in [5, 5.41) is 12.4. The Morgan fingerprint density at radius 2 is 1.90 bits per heavy atom. The van der Waals surface area contributed by atoms with Gasteiger partial charge in [0.2, 0.25) is 0 Å². The molecule has 0 atom stereocenters. The van der Waals surface area contributed by atoms with Crippen LogP contribution in [0.4, 0.5) is 4.39 Å². The van der Waals surface area contributed by atoms with Crippen LogP contribution >= 0.6 is 27.5 Å². The third-order valence-corrected chi connectivity index (χ3v) is 3.67. The van der Waals surface area contributed by atoms with E-state index >= 15 is 0 Å². The van der Waals surface area contributed by atoms with Gasteiger partial charge >= 0.3 is 0 Å². The monoisotopic (exact) mass is 352 g/mol. The molecule has 2 rings (SSSR count). The number of rotatable bonds is 4. The fraction of sp³-hybridized carbons (Fsp3) is 0.133. The molecule has 0 saturated carbocycles. The lowest BCUT2D eigenvalue weighted by atomic mass is 10.1. The molecule has 0 aliphatic rings. The Bertz CT molecular complexity index is 667. The maximum Gasteiger partial charge on any atom is 0.127 e. The van der Waals surface area contributed by atoms with Crippen molar-refractivity contribution >= 4 is 27.5 Å². The van der Waals surface area contributed by atoms with Crippen molar-refractivity contribution in [2.45, 2.75) is 13.1 Å². The Morgan fingerprint density at radius 1 is 1.15 bits per heavy atom. The van der Waals surface area contributed by atoms with E-state index in [9.17, 15) is 4.39 Å². The average Bonchev–Trinajstić information content (AvgIpc) is 2.44. The zero-order valence-corrected chi connectivity index (χ0v) is 12.8. The van der Waals surface area contributed by atoms with Crippen molar-refractivity contribution < 1.29 is 4.39 Å². The van der Waals surface area contributed by atoms with Crippen molar-refractivity contribution in [2.24, 2.45) is 0 Å². The standard InChI is InChI=1S/C15H11BrClFN2/c16-13-3-4-15(18)12(6-13)9-20-8-11-2-1-10(7-19)5-14(11)17/h1-6,20H,8-9H2. The van der Waals surface area contributed by atoms with E-state index in [4.69, 9.17) is 16.9 Å². The quantitative estimate of drug-likeness (QED) is 0.884. The molecule has 20 heavy (non-hydrogen) atoms. The average molecular weight is 354 g/mol. The number of hydrogen-bond donors (Lipinski definition) is 1. The summed E-state index contributed by atoms with van der Waals surface area (Å²) in [6.07, 6.45) is 0. The molecule has 0 heterocycles. The second-order valence-electron chi connectivity index (χ2n) is 4.26. The van der Waals surface area contributed by atoms with Gasteiger partial charge in [0.15, 0.2) is 0 Å². The van der Waals surface area contributed by atoms with E-state index in [1.54, 1.807) is 30.3 Å². The number of nitrogens with zero attached hydrogens (tertiary/aromatic N) is 1. The Labute approximate surface area is 130 Å². The highest BCUT2D eigenvalue weighted by atomic mass is 79.9. The van der Waals surface area contributed by atoms with Crippen LogP contribution in [0.2, 0.25) is 5.02 Å². The van der Waals surface area contributed by atoms with Gasteiger partial charge in [-0.2, -0.15) is 5.26 Å². The Balaban J connectivity index is 2.00. The summed E-state index contributed by atoms with van der Waals surface area (Å²) in [5.41, 5.74) is 1.99. The highest BCUT2D eigenvalue weighted by molar-refractivity contribution is 9.10. The lowest BCUT2D eigenvalue weighted by molar-refractivity contribution is 0.587. The molecule has 2 aromatic rings. The molecule has 0 bridgehead atoms. The van der Waals surface area contributed by atoms with E-state index in [-0.39, 0.29) is 5.82 Å². The normalized spacial score (nSPS) is 10.3. The molecule has 0 aliphatic carbocycles. The summed E-state index contributed by atoms with van der Waals surface area (Å²) in [6.45, 7) is 0.915. The Morgan fingerprint density at radius 3 is 2.60 bits per heavy atom. The van der Waals surface area contributed by atoms with E-state index in [1.807, 2.05) is 6.07 Å². The SMILES string of the molecule is N#Cc1ccc(CNCc2cc(Br)ccc2F)c(Cl)c1. The van der Waals surface area contributed by atoms with Crippen molar-refractivity contribution in [2.75, 3.05) is 0 Å². The summed E-state index contributed by atoms with van der Waals surface area (Å²) in [6, 6.07) is 12.0. The van der Waals surface area contributed by atoms with E-state index in [0.717, 1.165) is 10.0 Å². The fourth-order valence-corrected chi connectivity index (χ4v) is 2.43. The molecular weight excluding hydrogens is 343 g/mol. The largest absolute Gasteiger partial charge is 0.308 e. The lowest BCUT2D eigenvalue weighted by Crippen LogP contribution is -2.14. The number of halogens is 3. The van der Waals surface area contributed by atoms with Crippen LogP contribution in [-0.2, 0) is 13.1 Å². The van der Waals surface area contributed by atoms with Gasteiger partial charge in [0.05, 0.1) is 11.6 Å². The van der Waals surface area contributed by atoms with E-state index < -0.39 is 0 Å².